The summed E-state index contributed by atoms with van der Waals surface area (Å²) >= 11 is 0. The summed E-state index contributed by atoms with van der Waals surface area (Å²) in [4.78, 5) is 47.4. The number of hydroxylamine groups is 2. The van der Waals surface area contributed by atoms with Gasteiger partial charge in [-0.15, -0.1) is 0 Å². The third-order valence-corrected chi connectivity index (χ3v) is 7.82. The van der Waals surface area contributed by atoms with Crippen LogP contribution in [-0.4, -0.2) is 59.7 Å². The highest BCUT2D eigenvalue weighted by Gasteiger charge is 2.09. The SMILES string of the molecule is O=C(NO)c1ccc(C(=O)N/N=C/c2cccc(OCCCCCCCCCOc3cccc(/C=N/NC(=O)c4ccc(C(=O)NO)cc4)c3)c2)cc1. The van der Waals surface area contributed by atoms with Crippen LogP contribution in [0.2, 0.25) is 0 Å². The van der Waals surface area contributed by atoms with E-state index in [0.29, 0.717) is 24.3 Å². The van der Waals surface area contributed by atoms with E-state index in [1.54, 1.807) is 11.0 Å². The Morgan fingerprint density at radius 2 is 0.830 bits per heavy atom. The summed E-state index contributed by atoms with van der Waals surface area (Å²) in [5, 5.41) is 25.4. The number of rotatable bonds is 20. The largest absolute Gasteiger partial charge is 0.494 e. The maximum Gasteiger partial charge on any atom is 0.274 e. The first-order chi connectivity index (χ1) is 25.9. The average Bonchev–Trinajstić information content (AvgIpc) is 3.19. The lowest BCUT2D eigenvalue weighted by Gasteiger charge is -2.08. The predicted molar refractivity (Wildman–Crippen MR) is 198 cm³/mol. The molecule has 0 aliphatic carbocycles. The number of carbonyl (C=O) groups excluding carboxylic acids is 4. The van der Waals surface area contributed by atoms with Gasteiger partial charge < -0.3 is 9.47 Å². The van der Waals surface area contributed by atoms with Gasteiger partial charge in [0.1, 0.15) is 11.5 Å². The summed E-state index contributed by atoms with van der Waals surface area (Å²) in [6.07, 6.45) is 10.5. The molecule has 0 saturated heterocycles. The van der Waals surface area contributed by atoms with Crippen molar-refractivity contribution in [1.82, 2.24) is 21.8 Å². The molecule has 0 aromatic heterocycles. The lowest BCUT2D eigenvalue weighted by molar-refractivity contribution is 0.0702. The smallest absolute Gasteiger partial charge is 0.274 e. The second kappa shape index (κ2) is 21.8. The minimum atomic E-state index is -0.662. The van der Waals surface area contributed by atoms with E-state index >= 15 is 0 Å². The van der Waals surface area contributed by atoms with Crippen LogP contribution in [0.25, 0.3) is 0 Å². The lowest BCUT2D eigenvalue weighted by Crippen LogP contribution is -2.20. The number of hydrogen-bond donors (Lipinski definition) is 6. The van der Waals surface area contributed by atoms with Crippen molar-refractivity contribution in [3.63, 3.8) is 0 Å². The molecule has 14 heteroatoms. The quantitative estimate of drug-likeness (QED) is 0.0291. The Morgan fingerprint density at radius 1 is 0.491 bits per heavy atom. The first-order valence-corrected chi connectivity index (χ1v) is 17.1. The van der Waals surface area contributed by atoms with E-state index in [4.69, 9.17) is 19.9 Å². The van der Waals surface area contributed by atoms with Crippen molar-refractivity contribution in [2.24, 2.45) is 10.2 Å². The highest BCUT2D eigenvalue weighted by Crippen LogP contribution is 2.16. The van der Waals surface area contributed by atoms with E-state index in [2.05, 4.69) is 21.1 Å². The van der Waals surface area contributed by atoms with Crippen LogP contribution in [0.4, 0.5) is 0 Å². The van der Waals surface area contributed by atoms with E-state index in [-0.39, 0.29) is 11.1 Å². The Bertz CT molecular complexity index is 1730. The van der Waals surface area contributed by atoms with E-state index < -0.39 is 23.6 Å². The van der Waals surface area contributed by atoms with Crippen molar-refractivity contribution in [1.29, 1.82) is 0 Å². The maximum absolute atomic E-state index is 12.3. The zero-order valence-electron chi connectivity index (χ0n) is 29.0. The highest BCUT2D eigenvalue weighted by atomic mass is 16.5. The number of amides is 4. The Balaban J connectivity index is 1.03. The highest BCUT2D eigenvalue weighted by molar-refractivity contribution is 5.98. The van der Waals surface area contributed by atoms with Crippen molar-refractivity contribution in [3.05, 3.63) is 130 Å². The van der Waals surface area contributed by atoms with E-state index in [1.807, 2.05) is 48.5 Å². The van der Waals surface area contributed by atoms with Gasteiger partial charge in [0.15, 0.2) is 0 Å². The second-order valence-corrected chi connectivity index (χ2v) is 11.8. The molecule has 0 bridgehead atoms. The summed E-state index contributed by atoms with van der Waals surface area (Å²) < 4.78 is 11.8. The topological polar surface area (TPSA) is 200 Å². The Morgan fingerprint density at radius 3 is 1.19 bits per heavy atom. The van der Waals surface area contributed by atoms with Gasteiger partial charge in [0.2, 0.25) is 0 Å². The fraction of sp³-hybridized carbons (Fsp3) is 0.231. The average molecular weight is 723 g/mol. The summed E-state index contributed by atoms with van der Waals surface area (Å²) in [6, 6.07) is 26.4. The van der Waals surface area contributed by atoms with Crippen molar-refractivity contribution in [2.45, 2.75) is 44.9 Å². The molecule has 0 fully saturated rings. The van der Waals surface area contributed by atoms with Crippen molar-refractivity contribution < 1.29 is 39.1 Å². The fourth-order valence-electron chi connectivity index (χ4n) is 4.97. The molecule has 4 rings (SSSR count). The molecule has 53 heavy (non-hydrogen) atoms. The van der Waals surface area contributed by atoms with Crippen LogP contribution in [0.15, 0.2) is 107 Å². The van der Waals surface area contributed by atoms with Gasteiger partial charge in [-0.1, -0.05) is 56.4 Å². The van der Waals surface area contributed by atoms with Crippen LogP contribution in [0.1, 0.15) is 97.5 Å². The molecule has 6 N–H and O–H groups in total. The zero-order valence-corrected chi connectivity index (χ0v) is 29.0. The number of benzene rings is 4. The Hall–Kier alpha value is -6.38. The molecule has 0 radical (unpaired) electrons. The van der Waals surface area contributed by atoms with E-state index in [0.717, 1.165) is 67.6 Å². The molecule has 0 spiro atoms. The molecule has 0 atom stereocenters. The summed E-state index contributed by atoms with van der Waals surface area (Å²) in [5.74, 6) is -0.754. The minimum absolute atomic E-state index is 0.222. The molecule has 0 heterocycles. The van der Waals surface area contributed by atoms with E-state index in [1.165, 1.54) is 61.0 Å². The maximum atomic E-state index is 12.3. The second-order valence-electron chi connectivity index (χ2n) is 11.8. The molecule has 4 amide bonds. The van der Waals surface area contributed by atoms with Crippen molar-refractivity contribution in [3.8, 4) is 11.5 Å². The van der Waals surface area contributed by atoms with Gasteiger partial charge in [-0.05, 0) is 96.8 Å². The normalized spacial score (nSPS) is 10.9. The zero-order chi connectivity index (χ0) is 37.7. The van der Waals surface area contributed by atoms with Crippen LogP contribution in [0, 0.1) is 0 Å². The number of unbranched alkanes of at least 4 members (excludes halogenated alkanes) is 6. The van der Waals surface area contributed by atoms with Crippen LogP contribution in [0.3, 0.4) is 0 Å². The number of hydrogen-bond acceptors (Lipinski definition) is 10. The first-order valence-electron chi connectivity index (χ1n) is 17.1. The van der Waals surface area contributed by atoms with Crippen LogP contribution in [-0.2, 0) is 0 Å². The van der Waals surface area contributed by atoms with E-state index in [9.17, 15) is 19.2 Å². The monoisotopic (exact) mass is 722 g/mol. The molecule has 0 unspecified atom stereocenters. The molecule has 0 saturated carbocycles. The molecule has 4 aromatic carbocycles. The van der Waals surface area contributed by atoms with Crippen LogP contribution in [0.5, 0.6) is 11.5 Å². The molecule has 0 aliphatic rings. The number of hydrazone groups is 2. The standard InChI is InChI=1S/C39H42N6O8/c46-36(30-14-18-32(19-15-30)38(48)44-50)42-40-26-28-10-8-12-34(24-28)52-22-6-4-2-1-3-5-7-23-53-35-13-9-11-29(25-35)27-41-43-37(47)31-16-20-33(21-17-31)39(49)45-51/h8-21,24-27,50-51H,1-7,22-23H2,(H,42,46)(H,43,47)(H,44,48)(H,45,49)/b40-26+,41-27+. The number of ether oxygens (including phenoxy) is 2. The Kier molecular flexibility index (Phi) is 16.2. The summed E-state index contributed by atoms with van der Waals surface area (Å²) in [5.41, 5.74) is 10.6. The van der Waals surface area contributed by atoms with Crippen molar-refractivity contribution in [2.75, 3.05) is 13.2 Å². The predicted octanol–water partition coefficient (Wildman–Crippen LogP) is 5.64. The van der Waals surface area contributed by atoms with Gasteiger partial charge in [-0.25, -0.2) is 21.8 Å². The third-order valence-electron chi connectivity index (χ3n) is 7.82. The molecule has 276 valence electrons. The molecular formula is C39H42N6O8. The third kappa shape index (κ3) is 13.7. The van der Waals surface area contributed by atoms with Gasteiger partial charge in [-0.3, -0.25) is 29.6 Å². The Labute approximate surface area is 306 Å². The first kappa shape index (κ1) is 39.4. The minimum Gasteiger partial charge on any atom is -0.494 e. The summed E-state index contributed by atoms with van der Waals surface area (Å²) in [7, 11) is 0. The van der Waals surface area contributed by atoms with Gasteiger partial charge in [0.25, 0.3) is 23.6 Å². The molecular weight excluding hydrogens is 680 g/mol. The van der Waals surface area contributed by atoms with Crippen LogP contribution >= 0.6 is 0 Å². The van der Waals surface area contributed by atoms with Gasteiger partial charge in [-0.2, -0.15) is 10.2 Å². The van der Waals surface area contributed by atoms with Gasteiger partial charge in [0, 0.05) is 22.3 Å². The van der Waals surface area contributed by atoms with Gasteiger partial charge in [0.05, 0.1) is 25.6 Å². The molecule has 4 aromatic rings. The number of carbonyl (C=O) groups is 4. The lowest BCUT2D eigenvalue weighted by atomic mass is 10.1. The van der Waals surface area contributed by atoms with Crippen molar-refractivity contribution >= 4 is 36.1 Å². The fourth-order valence-corrected chi connectivity index (χ4v) is 4.97. The summed E-state index contributed by atoms with van der Waals surface area (Å²) in [6.45, 7) is 1.21. The number of nitrogens with one attached hydrogen (secondary N) is 4. The molecule has 0 aliphatic heterocycles. The molecule has 14 nitrogen and oxygen atoms in total. The van der Waals surface area contributed by atoms with Crippen LogP contribution < -0.4 is 31.3 Å². The number of nitrogens with zero attached hydrogens (tertiary/aromatic N) is 2. The van der Waals surface area contributed by atoms with Gasteiger partial charge >= 0.3 is 0 Å².